The Hall–Kier alpha value is -1.87. The van der Waals surface area contributed by atoms with Gasteiger partial charge in [-0.05, 0) is 44.5 Å². The van der Waals surface area contributed by atoms with Crippen molar-refractivity contribution in [3.8, 4) is 0 Å². The normalized spacial score (nSPS) is 16.9. The number of hydrogen-bond donors (Lipinski definition) is 1. The molecule has 8 nitrogen and oxygen atoms in total. The van der Waals surface area contributed by atoms with Gasteiger partial charge in [0.15, 0.2) is 5.69 Å². The number of amides is 1. The predicted molar refractivity (Wildman–Crippen MR) is 126 cm³/mol. The Labute approximate surface area is 196 Å². The maximum Gasteiger partial charge on any atom is 0.276 e. The molecule has 2 aliphatic heterocycles. The summed E-state index contributed by atoms with van der Waals surface area (Å²) in [7, 11) is 1.83. The van der Waals surface area contributed by atoms with Crippen LogP contribution < -0.4 is 10.2 Å². The second kappa shape index (κ2) is 11.7. The van der Waals surface area contributed by atoms with Crippen LogP contribution in [0, 0.1) is 6.92 Å². The summed E-state index contributed by atoms with van der Waals surface area (Å²) in [6, 6.07) is 8.60. The zero-order valence-corrected chi connectivity index (χ0v) is 19.8. The molecule has 1 aromatic carbocycles. The number of para-hydroxylation sites is 1. The van der Waals surface area contributed by atoms with Gasteiger partial charge in [-0.15, -0.1) is 29.9 Å². The standard InChI is InChI=1S/C21H30N6O2.2ClH/c1-16-20(23-24-27(16)18-7-9-22-10-8-18)21(28)25(2)15-17-5-3-4-6-19(17)26-11-13-29-14-12-26;;/h3-6,18,22H,7-15H2,1-2H3;2*1H. The summed E-state index contributed by atoms with van der Waals surface area (Å²) in [6.45, 7) is 7.66. The van der Waals surface area contributed by atoms with E-state index in [-0.39, 0.29) is 30.7 Å². The Bertz CT molecular complexity index is 850. The molecular weight excluding hydrogens is 439 g/mol. The van der Waals surface area contributed by atoms with Crippen molar-refractivity contribution >= 4 is 36.4 Å². The smallest absolute Gasteiger partial charge is 0.276 e. The third-order valence-electron chi connectivity index (χ3n) is 5.88. The first-order valence-corrected chi connectivity index (χ1v) is 10.4. The number of hydrogen-bond acceptors (Lipinski definition) is 6. The van der Waals surface area contributed by atoms with Crippen molar-refractivity contribution in [2.45, 2.75) is 32.4 Å². The molecule has 0 bridgehead atoms. The minimum absolute atomic E-state index is 0. The summed E-state index contributed by atoms with van der Waals surface area (Å²) in [5.41, 5.74) is 3.62. The molecule has 1 aromatic heterocycles. The lowest BCUT2D eigenvalue weighted by molar-refractivity contribution is 0.0778. The van der Waals surface area contributed by atoms with E-state index in [4.69, 9.17) is 4.74 Å². The van der Waals surface area contributed by atoms with Crippen molar-refractivity contribution in [3.05, 3.63) is 41.2 Å². The third kappa shape index (κ3) is 5.68. The van der Waals surface area contributed by atoms with Gasteiger partial charge in [0.1, 0.15) is 0 Å². The van der Waals surface area contributed by atoms with Gasteiger partial charge in [0.25, 0.3) is 5.91 Å². The van der Waals surface area contributed by atoms with Gasteiger partial charge in [-0.25, -0.2) is 4.68 Å². The van der Waals surface area contributed by atoms with Crippen LogP contribution in [0.1, 0.15) is 40.6 Å². The van der Waals surface area contributed by atoms with Crippen LogP contribution in [0.5, 0.6) is 0 Å². The maximum atomic E-state index is 13.1. The lowest BCUT2D eigenvalue weighted by Gasteiger charge is -2.31. The number of nitrogens with zero attached hydrogens (tertiary/aromatic N) is 5. The van der Waals surface area contributed by atoms with E-state index in [2.05, 4.69) is 32.7 Å². The van der Waals surface area contributed by atoms with Crippen LogP contribution in [-0.4, -0.2) is 72.2 Å². The van der Waals surface area contributed by atoms with E-state index in [1.165, 1.54) is 5.69 Å². The van der Waals surface area contributed by atoms with E-state index < -0.39 is 0 Å². The topological polar surface area (TPSA) is 75.5 Å². The highest BCUT2D eigenvalue weighted by atomic mass is 35.5. The number of carbonyl (C=O) groups is 1. The van der Waals surface area contributed by atoms with Gasteiger partial charge in [-0.3, -0.25) is 4.79 Å². The Morgan fingerprint density at radius 2 is 1.87 bits per heavy atom. The number of halogens is 2. The van der Waals surface area contributed by atoms with Gasteiger partial charge in [-0.2, -0.15) is 0 Å². The van der Waals surface area contributed by atoms with Crippen LogP contribution in [-0.2, 0) is 11.3 Å². The molecule has 2 fully saturated rings. The van der Waals surface area contributed by atoms with E-state index in [9.17, 15) is 4.79 Å². The lowest BCUT2D eigenvalue weighted by atomic mass is 10.1. The fourth-order valence-electron chi connectivity index (χ4n) is 4.20. The van der Waals surface area contributed by atoms with Crippen molar-refractivity contribution in [2.24, 2.45) is 0 Å². The number of piperidine rings is 1. The highest BCUT2D eigenvalue weighted by Crippen LogP contribution is 2.24. The molecule has 10 heteroatoms. The molecule has 0 atom stereocenters. The van der Waals surface area contributed by atoms with Gasteiger partial charge in [0.2, 0.25) is 0 Å². The molecule has 4 rings (SSSR count). The maximum absolute atomic E-state index is 13.1. The third-order valence-corrected chi connectivity index (χ3v) is 5.88. The van der Waals surface area contributed by atoms with Crippen molar-refractivity contribution in [3.63, 3.8) is 0 Å². The Morgan fingerprint density at radius 3 is 2.58 bits per heavy atom. The first kappa shape index (κ1) is 25.4. The van der Waals surface area contributed by atoms with Crippen LogP contribution in [0.25, 0.3) is 0 Å². The lowest BCUT2D eigenvalue weighted by Crippen LogP contribution is -2.37. The van der Waals surface area contributed by atoms with Crippen molar-refractivity contribution < 1.29 is 9.53 Å². The molecule has 0 spiro atoms. The summed E-state index contributed by atoms with van der Waals surface area (Å²) in [6.07, 6.45) is 2.03. The van der Waals surface area contributed by atoms with Gasteiger partial charge < -0.3 is 19.9 Å². The molecule has 172 valence electrons. The number of carbonyl (C=O) groups excluding carboxylic acids is 1. The highest BCUT2D eigenvalue weighted by molar-refractivity contribution is 5.93. The number of aromatic nitrogens is 3. The molecule has 2 saturated heterocycles. The van der Waals surface area contributed by atoms with Crippen molar-refractivity contribution in [1.29, 1.82) is 0 Å². The molecular formula is C21H32Cl2N6O2. The Balaban J connectivity index is 0.00000171. The first-order valence-electron chi connectivity index (χ1n) is 10.4. The quantitative estimate of drug-likeness (QED) is 0.722. The molecule has 3 heterocycles. The van der Waals surface area contributed by atoms with Crippen LogP contribution in [0.4, 0.5) is 5.69 Å². The van der Waals surface area contributed by atoms with E-state index in [1.54, 1.807) is 4.90 Å². The number of ether oxygens (including phenoxy) is 1. The van der Waals surface area contributed by atoms with E-state index >= 15 is 0 Å². The highest BCUT2D eigenvalue weighted by Gasteiger charge is 2.25. The first-order chi connectivity index (χ1) is 14.1. The Kier molecular flexibility index (Phi) is 9.55. The van der Waals surface area contributed by atoms with Crippen LogP contribution in [0.15, 0.2) is 24.3 Å². The summed E-state index contributed by atoms with van der Waals surface area (Å²) < 4.78 is 7.41. The fraction of sp³-hybridized carbons (Fsp3) is 0.571. The summed E-state index contributed by atoms with van der Waals surface area (Å²) >= 11 is 0. The number of benzene rings is 1. The zero-order chi connectivity index (χ0) is 20.2. The zero-order valence-electron chi connectivity index (χ0n) is 18.1. The molecule has 0 radical (unpaired) electrons. The van der Waals surface area contributed by atoms with Crippen molar-refractivity contribution in [1.82, 2.24) is 25.2 Å². The summed E-state index contributed by atoms with van der Waals surface area (Å²) in [4.78, 5) is 17.2. The second-order valence-corrected chi connectivity index (χ2v) is 7.84. The monoisotopic (exact) mass is 470 g/mol. The molecule has 1 amide bonds. The summed E-state index contributed by atoms with van der Waals surface area (Å²) in [5.74, 6) is -0.0838. The SMILES string of the molecule is Cc1c(C(=O)N(C)Cc2ccccc2N2CCOCC2)nnn1C1CCNCC1.Cl.Cl. The average molecular weight is 471 g/mol. The number of rotatable bonds is 5. The van der Waals surface area contributed by atoms with E-state index in [0.29, 0.717) is 18.3 Å². The molecule has 2 aromatic rings. The van der Waals surface area contributed by atoms with Crippen LogP contribution in [0.2, 0.25) is 0 Å². The minimum Gasteiger partial charge on any atom is -0.378 e. The number of morpholine rings is 1. The average Bonchev–Trinajstić information content (AvgIpc) is 3.16. The molecule has 0 unspecified atom stereocenters. The molecule has 1 N–H and O–H groups in total. The summed E-state index contributed by atoms with van der Waals surface area (Å²) in [5, 5.41) is 11.9. The van der Waals surface area contributed by atoms with E-state index in [1.807, 2.05) is 30.8 Å². The minimum atomic E-state index is -0.0838. The van der Waals surface area contributed by atoms with Gasteiger partial charge in [0.05, 0.1) is 24.9 Å². The van der Waals surface area contributed by atoms with Crippen LogP contribution in [0.3, 0.4) is 0 Å². The number of nitrogens with one attached hydrogen (secondary N) is 1. The Morgan fingerprint density at radius 1 is 1.19 bits per heavy atom. The van der Waals surface area contributed by atoms with Gasteiger partial charge in [-0.1, -0.05) is 23.4 Å². The second-order valence-electron chi connectivity index (χ2n) is 7.84. The largest absolute Gasteiger partial charge is 0.378 e. The fourth-order valence-corrected chi connectivity index (χ4v) is 4.20. The van der Waals surface area contributed by atoms with Crippen molar-refractivity contribution in [2.75, 3.05) is 51.3 Å². The number of anilines is 1. The van der Waals surface area contributed by atoms with Crippen LogP contribution >= 0.6 is 24.8 Å². The van der Waals surface area contributed by atoms with E-state index in [0.717, 1.165) is 63.5 Å². The predicted octanol–water partition coefficient (Wildman–Crippen LogP) is 2.46. The molecule has 2 aliphatic rings. The van der Waals surface area contributed by atoms with Gasteiger partial charge >= 0.3 is 0 Å². The molecule has 31 heavy (non-hydrogen) atoms. The van der Waals surface area contributed by atoms with Gasteiger partial charge in [0, 0.05) is 32.4 Å². The molecule has 0 saturated carbocycles. The molecule has 0 aliphatic carbocycles.